The third kappa shape index (κ3) is 4.74. The summed E-state index contributed by atoms with van der Waals surface area (Å²) in [5.41, 5.74) is 0.789. The van der Waals surface area contributed by atoms with Gasteiger partial charge in [-0.1, -0.05) is 23.2 Å². The fraction of sp³-hybridized carbons (Fsp3) is 0.647. The predicted octanol–water partition coefficient (Wildman–Crippen LogP) is 3.22. The first-order valence-electron chi connectivity index (χ1n) is 8.09. The van der Waals surface area contributed by atoms with E-state index >= 15 is 0 Å². The van der Waals surface area contributed by atoms with Crippen LogP contribution in [0.1, 0.15) is 24.8 Å². The minimum absolute atomic E-state index is 0.0751. The summed E-state index contributed by atoms with van der Waals surface area (Å²) in [6.45, 7) is 2.80. The summed E-state index contributed by atoms with van der Waals surface area (Å²) < 4.78 is 0. The van der Waals surface area contributed by atoms with Crippen LogP contribution in [0.15, 0.2) is 12.1 Å². The van der Waals surface area contributed by atoms with Crippen molar-refractivity contribution in [1.82, 2.24) is 9.80 Å². The number of hydrogen-bond acceptors (Lipinski definition) is 4. The number of phenols is 1. The Morgan fingerprint density at radius 1 is 1.30 bits per heavy atom. The molecule has 1 aliphatic rings. The van der Waals surface area contributed by atoms with Crippen molar-refractivity contribution in [1.29, 1.82) is 0 Å². The third-order valence-electron chi connectivity index (χ3n) is 4.72. The van der Waals surface area contributed by atoms with Crippen molar-refractivity contribution in [3.8, 4) is 5.75 Å². The second-order valence-electron chi connectivity index (χ2n) is 6.54. The van der Waals surface area contributed by atoms with Crippen LogP contribution in [0.4, 0.5) is 0 Å². The van der Waals surface area contributed by atoms with Crippen molar-refractivity contribution in [2.45, 2.75) is 31.8 Å². The first-order chi connectivity index (χ1) is 10.9. The normalized spacial score (nSPS) is 22.7. The lowest BCUT2D eigenvalue weighted by Crippen LogP contribution is -2.48. The molecule has 1 aromatic rings. The molecule has 0 amide bonds. The van der Waals surface area contributed by atoms with Gasteiger partial charge in [-0.2, -0.15) is 0 Å². The number of halogens is 2. The molecule has 0 radical (unpaired) electrons. The Balaban J connectivity index is 2.08. The predicted molar refractivity (Wildman–Crippen MR) is 95.3 cm³/mol. The zero-order chi connectivity index (χ0) is 17.0. The molecule has 0 saturated carbocycles. The van der Waals surface area contributed by atoms with Gasteiger partial charge in [-0.15, -0.1) is 0 Å². The van der Waals surface area contributed by atoms with Gasteiger partial charge in [-0.05, 0) is 58.0 Å². The molecule has 6 heteroatoms. The highest BCUT2D eigenvalue weighted by Gasteiger charge is 2.30. The Kier molecular flexibility index (Phi) is 6.99. The van der Waals surface area contributed by atoms with Gasteiger partial charge >= 0.3 is 0 Å². The SMILES string of the molecule is CN(C)[C@@H]1CCN(Cc2c(Cl)ccc(O)c2Cl)C[C@@H]1CCCO. The standard InChI is InChI=1S/C17H26Cl2N2O2/c1-20(2)15-7-8-21(10-12(15)4-3-9-22)11-13-14(18)5-6-16(23)17(13)19/h5-6,12,15,22-23H,3-4,7-11H2,1-2H3/t12-,15+/m0/s1. The van der Waals surface area contributed by atoms with Crippen molar-refractivity contribution < 1.29 is 10.2 Å². The van der Waals surface area contributed by atoms with Crippen molar-refractivity contribution in [2.24, 2.45) is 5.92 Å². The first-order valence-corrected chi connectivity index (χ1v) is 8.85. The van der Waals surface area contributed by atoms with E-state index in [9.17, 15) is 5.11 Å². The third-order valence-corrected chi connectivity index (χ3v) is 5.50. The highest BCUT2D eigenvalue weighted by atomic mass is 35.5. The molecular weight excluding hydrogens is 335 g/mol. The average molecular weight is 361 g/mol. The zero-order valence-corrected chi connectivity index (χ0v) is 15.3. The summed E-state index contributed by atoms with van der Waals surface area (Å²) in [6, 6.07) is 3.75. The zero-order valence-electron chi connectivity index (χ0n) is 13.8. The molecule has 0 spiro atoms. The van der Waals surface area contributed by atoms with Crippen molar-refractivity contribution >= 4 is 23.2 Å². The Hall–Kier alpha value is -0.520. The van der Waals surface area contributed by atoms with Crippen molar-refractivity contribution in [3.05, 3.63) is 27.7 Å². The minimum Gasteiger partial charge on any atom is -0.506 e. The summed E-state index contributed by atoms with van der Waals surface area (Å²) in [4.78, 5) is 4.63. The molecule has 2 N–H and O–H groups in total. The lowest BCUT2D eigenvalue weighted by atomic mass is 9.87. The lowest BCUT2D eigenvalue weighted by Gasteiger charge is -2.42. The number of aliphatic hydroxyl groups excluding tert-OH is 1. The molecule has 1 aliphatic heterocycles. The Morgan fingerprint density at radius 3 is 2.70 bits per heavy atom. The molecule has 23 heavy (non-hydrogen) atoms. The maximum Gasteiger partial charge on any atom is 0.134 e. The molecule has 2 atom stereocenters. The summed E-state index contributed by atoms with van der Waals surface area (Å²) in [5, 5.41) is 19.9. The topological polar surface area (TPSA) is 46.9 Å². The molecule has 1 fully saturated rings. The van der Waals surface area contributed by atoms with Gasteiger partial charge in [0, 0.05) is 36.3 Å². The Morgan fingerprint density at radius 2 is 2.04 bits per heavy atom. The molecule has 1 aromatic carbocycles. The van der Waals surface area contributed by atoms with E-state index in [0.717, 1.165) is 37.9 Å². The molecule has 0 aliphatic carbocycles. The van der Waals surface area contributed by atoms with Crippen LogP contribution in [0.2, 0.25) is 10.0 Å². The molecule has 1 saturated heterocycles. The van der Waals surface area contributed by atoms with E-state index in [0.29, 0.717) is 28.5 Å². The Labute approximate surface area is 148 Å². The van der Waals surface area contributed by atoms with Crippen LogP contribution in [0, 0.1) is 5.92 Å². The molecule has 4 nitrogen and oxygen atoms in total. The number of rotatable bonds is 6. The number of aromatic hydroxyl groups is 1. The summed E-state index contributed by atoms with van der Waals surface area (Å²) in [5.74, 6) is 0.590. The van der Waals surface area contributed by atoms with Crippen LogP contribution >= 0.6 is 23.2 Å². The average Bonchev–Trinajstić information content (AvgIpc) is 2.53. The van der Waals surface area contributed by atoms with Gasteiger partial charge in [0.15, 0.2) is 0 Å². The maximum absolute atomic E-state index is 9.79. The van der Waals surface area contributed by atoms with Crippen molar-refractivity contribution in [3.63, 3.8) is 0 Å². The molecule has 0 bridgehead atoms. The van der Waals surface area contributed by atoms with Crippen LogP contribution in [0.5, 0.6) is 5.75 Å². The van der Waals surface area contributed by atoms with Gasteiger partial charge < -0.3 is 15.1 Å². The molecule has 0 unspecified atom stereocenters. The summed E-state index contributed by atoms with van der Waals surface area (Å²) in [7, 11) is 4.24. The van der Waals surface area contributed by atoms with E-state index in [1.165, 1.54) is 6.07 Å². The number of hydrogen-bond donors (Lipinski definition) is 2. The van der Waals surface area contributed by atoms with Crippen LogP contribution < -0.4 is 0 Å². The van der Waals surface area contributed by atoms with Crippen LogP contribution in [0.25, 0.3) is 0 Å². The van der Waals surface area contributed by atoms with E-state index in [4.69, 9.17) is 28.3 Å². The van der Waals surface area contributed by atoms with Gasteiger partial charge in [-0.25, -0.2) is 0 Å². The van der Waals surface area contributed by atoms with Gasteiger partial charge in [0.25, 0.3) is 0 Å². The van der Waals surface area contributed by atoms with E-state index in [2.05, 4.69) is 23.9 Å². The highest BCUT2D eigenvalue weighted by molar-refractivity contribution is 6.36. The van der Waals surface area contributed by atoms with E-state index in [1.54, 1.807) is 6.07 Å². The fourth-order valence-electron chi connectivity index (χ4n) is 3.51. The second-order valence-corrected chi connectivity index (χ2v) is 7.32. The van der Waals surface area contributed by atoms with E-state index in [1.807, 2.05) is 0 Å². The van der Waals surface area contributed by atoms with Gasteiger partial charge in [0.05, 0.1) is 5.02 Å². The van der Waals surface area contributed by atoms with Crippen LogP contribution in [-0.2, 0) is 6.54 Å². The second kappa shape index (κ2) is 8.54. The molecule has 1 heterocycles. The number of phenolic OH excluding ortho intramolecular Hbond substituents is 1. The highest BCUT2D eigenvalue weighted by Crippen LogP contribution is 2.34. The van der Waals surface area contributed by atoms with E-state index < -0.39 is 0 Å². The van der Waals surface area contributed by atoms with Gasteiger partial charge in [-0.3, -0.25) is 4.90 Å². The minimum atomic E-state index is 0.0751. The number of nitrogens with zero attached hydrogens (tertiary/aromatic N) is 2. The monoisotopic (exact) mass is 360 g/mol. The van der Waals surface area contributed by atoms with E-state index in [-0.39, 0.29) is 12.4 Å². The number of piperidine rings is 1. The number of likely N-dealkylation sites (tertiary alicyclic amines) is 1. The number of benzene rings is 1. The number of aliphatic hydroxyl groups is 1. The van der Waals surface area contributed by atoms with Crippen LogP contribution in [0.3, 0.4) is 0 Å². The Bertz CT molecular complexity index is 526. The maximum atomic E-state index is 9.79. The van der Waals surface area contributed by atoms with Gasteiger partial charge in [0.1, 0.15) is 5.75 Å². The molecule has 2 rings (SSSR count). The lowest BCUT2D eigenvalue weighted by molar-refractivity contribution is 0.0717. The molecule has 0 aromatic heterocycles. The molecular formula is C17H26Cl2N2O2. The van der Waals surface area contributed by atoms with Gasteiger partial charge in [0.2, 0.25) is 0 Å². The van der Waals surface area contributed by atoms with Crippen LogP contribution in [-0.4, -0.2) is 59.8 Å². The largest absolute Gasteiger partial charge is 0.506 e. The quantitative estimate of drug-likeness (QED) is 0.817. The molecule has 130 valence electrons. The smallest absolute Gasteiger partial charge is 0.134 e. The fourth-order valence-corrected chi connectivity index (χ4v) is 4.00. The summed E-state index contributed by atoms with van der Waals surface area (Å²) >= 11 is 12.5. The first kappa shape index (κ1) is 18.8. The summed E-state index contributed by atoms with van der Waals surface area (Å²) in [6.07, 6.45) is 2.92. The van der Waals surface area contributed by atoms with Crippen molar-refractivity contribution in [2.75, 3.05) is 33.8 Å².